The van der Waals surface area contributed by atoms with Crippen LogP contribution in [0, 0.1) is 0 Å². The van der Waals surface area contributed by atoms with Gasteiger partial charge in [0.25, 0.3) is 0 Å². The first-order chi connectivity index (χ1) is 10.2. The van der Waals surface area contributed by atoms with Crippen LogP contribution in [0.1, 0.15) is 38.4 Å². The van der Waals surface area contributed by atoms with Gasteiger partial charge in [0, 0.05) is 0 Å². The van der Waals surface area contributed by atoms with Crippen LogP contribution < -0.4 is 9.47 Å². The van der Waals surface area contributed by atoms with Gasteiger partial charge in [0.2, 0.25) is 0 Å². The van der Waals surface area contributed by atoms with Crippen molar-refractivity contribution in [2.24, 2.45) is 0 Å². The van der Waals surface area contributed by atoms with Crippen molar-refractivity contribution in [3.63, 3.8) is 0 Å². The summed E-state index contributed by atoms with van der Waals surface area (Å²) >= 11 is 0. The van der Waals surface area contributed by atoms with Crippen LogP contribution in [-0.2, 0) is 0 Å². The highest BCUT2D eigenvalue weighted by Crippen LogP contribution is 2.26. The van der Waals surface area contributed by atoms with Gasteiger partial charge in [0.1, 0.15) is 17.2 Å². The van der Waals surface area contributed by atoms with E-state index < -0.39 is 6.10 Å². The molecule has 0 saturated carbocycles. The highest BCUT2D eigenvalue weighted by Gasteiger charge is 2.05. The third kappa shape index (κ3) is 4.50. The quantitative estimate of drug-likeness (QED) is 0.801. The van der Waals surface area contributed by atoms with Gasteiger partial charge in [-0.1, -0.05) is 26.0 Å². The first-order valence-electron chi connectivity index (χ1n) is 7.41. The highest BCUT2D eigenvalue weighted by atomic mass is 16.5. The molecule has 0 amide bonds. The first-order valence-corrected chi connectivity index (χ1v) is 7.41. The van der Waals surface area contributed by atoms with Gasteiger partial charge in [0.05, 0.1) is 12.7 Å². The van der Waals surface area contributed by atoms with Crippen molar-refractivity contribution < 1.29 is 14.6 Å². The van der Waals surface area contributed by atoms with E-state index in [0.717, 1.165) is 35.8 Å². The van der Waals surface area contributed by atoms with Crippen molar-refractivity contribution in [1.82, 2.24) is 0 Å². The summed E-state index contributed by atoms with van der Waals surface area (Å²) in [5.41, 5.74) is 0.910. The number of aliphatic hydroxyl groups excluding tert-OH is 1. The zero-order valence-electron chi connectivity index (χ0n) is 12.6. The summed E-state index contributed by atoms with van der Waals surface area (Å²) in [6, 6.07) is 15.1. The maximum Gasteiger partial charge on any atom is 0.127 e. The molecule has 0 aliphatic heterocycles. The Morgan fingerprint density at radius 1 is 0.857 bits per heavy atom. The number of aliphatic hydroxyl groups is 1. The Balaban J connectivity index is 1.97. The average Bonchev–Trinajstić information content (AvgIpc) is 2.54. The molecule has 0 aliphatic carbocycles. The topological polar surface area (TPSA) is 38.7 Å². The molecule has 0 fully saturated rings. The maximum atomic E-state index is 9.76. The summed E-state index contributed by atoms with van der Waals surface area (Å²) < 4.78 is 11.3. The van der Waals surface area contributed by atoms with Gasteiger partial charge in [0.15, 0.2) is 0 Å². The van der Waals surface area contributed by atoms with Gasteiger partial charge in [-0.3, -0.25) is 0 Å². The summed E-state index contributed by atoms with van der Waals surface area (Å²) in [7, 11) is 0. The van der Waals surface area contributed by atoms with E-state index >= 15 is 0 Å². The number of ether oxygens (including phenoxy) is 2. The fraction of sp³-hybridized carbons (Fsp3) is 0.333. The van der Waals surface area contributed by atoms with Gasteiger partial charge in [-0.15, -0.1) is 0 Å². The molecule has 0 heterocycles. The lowest BCUT2D eigenvalue weighted by Gasteiger charge is -2.10. The predicted molar refractivity (Wildman–Crippen MR) is 84.0 cm³/mol. The lowest BCUT2D eigenvalue weighted by Crippen LogP contribution is -1.95. The highest BCUT2D eigenvalue weighted by molar-refractivity contribution is 5.36. The molecule has 0 aliphatic rings. The fourth-order valence-corrected chi connectivity index (χ4v) is 1.95. The number of rotatable bonds is 7. The average molecular weight is 286 g/mol. The molecule has 0 spiro atoms. The van der Waals surface area contributed by atoms with Gasteiger partial charge in [-0.05, 0) is 54.8 Å². The Labute approximate surface area is 126 Å². The monoisotopic (exact) mass is 286 g/mol. The number of hydrogen-bond donors (Lipinski definition) is 1. The third-order valence-electron chi connectivity index (χ3n) is 3.18. The van der Waals surface area contributed by atoms with Gasteiger partial charge >= 0.3 is 0 Å². The molecule has 2 aromatic rings. The molecule has 21 heavy (non-hydrogen) atoms. The Morgan fingerprint density at radius 2 is 1.38 bits per heavy atom. The summed E-state index contributed by atoms with van der Waals surface area (Å²) in [4.78, 5) is 0. The van der Waals surface area contributed by atoms with E-state index in [1.165, 1.54) is 0 Å². The molecule has 2 rings (SSSR count). The number of benzene rings is 2. The molecule has 3 nitrogen and oxygen atoms in total. The largest absolute Gasteiger partial charge is 0.494 e. The van der Waals surface area contributed by atoms with Crippen LogP contribution in [0.5, 0.6) is 17.2 Å². The first kappa shape index (κ1) is 15.4. The van der Waals surface area contributed by atoms with Crippen molar-refractivity contribution in [2.75, 3.05) is 6.61 Å². The Morgan fingerprint density at radius 3 is 1.90 bits per heavy atom. The minimum Gasteiger partial charge on any atom is -0.494 e. The molecule has 0 radical (unpaired) electrons. The molecule has 2 aromatic carbocycles. The van der Waals surface area contributed by atoms with E-state index in [9.17, 15) is 5.11 Å². The van der Waals surface area contributed by atoms with Crippen molar-refractivity contribution >= 4 is 0 Å². The van der Waals surface area contributed by atoms with E-state index in [4.69, 9.17) is 9.47 Å². The Kier molecular flexibility index (Phi) is 5.64. The smallest absolute Gasteiger partial charge is 0.127 e. The van der Waals surface area contributed by atoms with Crippen LogP contribution in [0.15, 0.2) is 48.5 Å². The minimum atomic E-state index is -0.408. The SMILES string of the molecule is CCCOc1ccc(Oc2ccc([C@@H](O)CC)cc2)cc1. The van der Waals surface area contributed by atoms with Crippen molar-refractivity contribution in [3.8, 4) is 17.2 Å². The third-order valence-corrected chi connectivity index (χ3v) is 3.18. The molecule has 0 saturated heterocycles. The van der Waals surface area contributed by atoms with Gasteiger partial charge in [-0.25, -0.2) is 0 Å². The summed E-state index contributed by atoms with van der Waals surface area (Å²) in [6.07, 6.45) is 1.29. The van der Waals surface area contributed by atoms with Crippen LogP contribution in [-0.4, -0.2) is 11.7 Å². The van der Waals surface area contributed by atoms with E-state index in [0.29, 0.717) is 6.42 Å². The zero-order chi connectivity index (χ0) is 15.1. The molecule has 1 atom stereocenters. The summed E-state index contributed by atoms with van der Waals surface area (Å²) in [6.45, 7) is 4.76. The Bertz CT molecular complexity index is 531. The molecule has 0 aromatic heterocycles. The summed E-state index contributed by atoms with van der Waals surface area (Å²) in [5, 5.41) is 9.76. The second-order valence-corrected chi connectivity index (χ2v) is 4.92. The molecule has 1 N–H and O–H groups in total. The molecular weight excluding hydrogens is 264 g/mol. The lowest BCUT2D eigenvalue weighted by molar-refractivity contribution is 0.173. The standard InChI is InChI=1S/C18H22O3/c1-3-13-20-15-9-11-17(12-10-15)21-16-7-5-14(6-8-16)18(19)4-2/h5-12,18-19H,3-4,13H2,1-2H3/t18-/m0/s1. The van der Waals surface area contributed by atoms with E-state index in [1.54, 1.807) is 0 Å². The zero-order valence-corrected chi connectivity index (χ0v) is 12.6. The second kappa shape index (κ2) is 7.70. The molecule has 112 valence electrons. The molecule has 0 bridgehead atoms. The van der Waals surface area contributed by atoms with E-state index in [2.05, 4.69) is 6.92 Å². The minimum absolute atomic E-state index is 0.408. The van der Waals surface area contributed by atoms with E-state index in [-0.39, 0.29) is 0 Å². The van der Waals surface area contributed by atoms with Crippen LogP contribution in [0.3, 0.4) is 0 Å². The van der Waals surface area contributed by atoms with E-state index in [1.807, 2.05) is 55.5 Å². The second-order valence-electron chi connectivity index (χ2n) is 4.92. The molecule has 3 heteroatoms. The maximum absolute atomic E-state index is 9.76. The Hall–Kier alpha value is -2.00. The summed E-state index contributed by atoms with van der Waals surface area (Å²) in [5.74, 6) is 2.37. The van der Waals surface area contributed by atoms with Gasteiger partial charge < -0.3 is 14.6 Å². The van der Waals surface area contributed by atoms with Crippen LogP contribution >= 0.6 is 0 Å². The fourth-order valence-electron chi connectivity index (χ4n) is 1.95. The number of hydrogen-bond acceptors (Lipinski definition) is 3. The molecular formula is C18H22O3. The van der Waals surface area contributed by atoms with Crippen molar-refractivity contribution in [1.29, 1.82) is 0 Å². The van der Waals surface area contributed by atoms with Crippen molar-refractivity contribution in [3.05, 3.63) is 54.1 Å². The van der Waals surface area contributed by atoms with Gasteiger partial charge in [-0.2, -0.15) is 0 Å². The van der Waals surface area contributed by atoms with Crippen molar-refractivity contribution in [2.45, 2.75) is 32.8 Å². The van der Waals surface area contributed by atoms with Crippen LogP contribution in [0.25, 0.3) is 0 Å². The lowest BCUT2D eigenvalue weighted by atomic mass is 10.1. The molecule has 0 unspecified atom stereocenters. The van der Waals surface area contributed by atoms with Crippen LogP contribution in [0.4, 0.5) is 0 Å². The normalized spacial score (nSPS) is 12.0. The predicted octanol–water partition coefficient (Wildman–Crippen LogP) is 4.71. The van der Waals surface area contributed by atoms with Crippen LogP contribution in [0.2, 0.25) is 0 Å².